The van der Waals surface area contributed by atoms with Crippen LogP contribution in [0.15, 0.2) is 66.0 Å². The van der Waals surface area contributed by atoms with Crippen LogP contribution in [0.1, 0.15) is 27.2 Å². The third-order valence-electron chi connectivity index (χ3n) is 4.50. The molecule has 32 heavy (non-hydrogen) atoms. The second-order valence-electron chi connectivity index (χ2n) is 6.80. The smallest absolute Gasteiger partial charge is 0.378 e. The second kappa shape index (κ2) is 9.32. The molecule has 0 aliphatic rings. The van der Waals surface area contributed by atoms with Gasteiger partial charge in [-0.15, -0.1) is 16.4 Å². The fourth-order valence-electron chi connectivity index (χ4n) is 2.98. The van der Waals surface area contributed by atoms with Crippen molar-refractivity contribution >= 4 is 23.1 Å². The summed E-state index contributed by atoms with van der Waals surface area (Å²) in [6, 6.07) is 20.5. The Kier molecular flexibility index (Phi) is 6.14. The Bertz CT molecular complexity index is 1240. The fourth-order valence-corrected chi connectivity index (χ4v) is 3.84. The second-order valence-corrected chi connectivity index (χ2v) is 7.69. The minimum Gasteiger partial charge on any atom is -0.452 e. The molecule has 0 N–H and O–H groups in total. The monoisotopic (exact) mass is 443 g/mol. The maximum absolute atomic E-state index is 12.6. The number of ether oxygens (including phenoxy) is 1. The van der Waals surface area contributed by atoms with Crippen LogP contribution in [-0.2, 0) is 9.53 Å². The topological polar surface area (TPSA) is 111 Å². The van der Waals surface area contributed by atoms with Gasteiger partial charge < -0.3 is 4.74 Å². The molecule has 2 aromatic heterocycles. The van der Waals surface area contributed by atoms with Gasteiger partial charge in [-0.1, -0.05) is 48.5 Å². The Morgan fingerprint density at radius 3 is 2.41 bits per heavy atom. The summed E-state index contributed by atoms with van der Waals surface area (Å²) in [5.41, 5.74) is 2.21. The number of ketones is 1. The molecule has 0 aliphatic heterocycles. The highest BCUT2D eigenvalue weighted by molar-refractivity contribution is 7.09. The van der Waals surface area contributed by atoms with Crippen LogP contribution in [0.2, 0.25) is 0 Å². The SMILES string of the molecule is Cc1csc([C@@H](C#N)C(=O)COC(=O)c2nc(-c3ccccc3)n(-c3ccccc3)n2)n1. The van der Waals surface area contributed by atoms with Crippen LogP contribution >= 0.6 is 11.3 Å². The third kappa shape index (κ3) is 4.45. The van der Waals surface area contributed by atoms with Gasteiger partial charge >= 0.3 is 5.97 Å². The van der Waals surface area contributed by atoms with Crippen molar-refractivity contribution in [3.05, 3.63) is 82.6 Å². The van der Waals surface area contributed by atoms with Crippen molar-refractivity contribution in [3.8, 4) is 23.1 Å². The van der Waals surface area contributed by atoms with Gasteiger partial charge in [0, 0.05) is 16.6 Å². The van der Waals surface area contributed by atoms with Crippen molar-refractivity contribution in [1.29, 1.82) is 5.26 Å². The number of nitriles is 1. The number of thiazole rings is 1. The molecule has 0 saturated heterocycles. The van der Waals surface area contributed by atoms with Crippen molar-refractivity contribution in [1.82, 2.24) is 19.7 Å². The quantitative estimate of drug-likeness (QED) is 0.400. The van der Waals surface area contributed by atoms with Gasteiger partial charge in [0.2, 0.25) is 0 Å². The Morgan fingerprint density at radius 1 is 1.09 bits per heavy atom. The predicted octanol–water partition coefficient (Wildman–Crippen LogP) is 3.73. The predicted molar refractivity (Wildman–Crippen MR) is 117 cm³/mol. The fraction of sp³-hybridized carbons (Fsp3) is 0.130. The summed E-state index contributed by atoms with van der Waals surface area (Å²) < 4.78 is 6.69. The number of carbonyl (C=O) groups is 2. The van der Waals surface area contributed by atoms with Gasteiger partial charge in [-0.3, -0.25) is 4.79 Å². The normalized spacial score (nSPS) is 11.5. The summed E-state index contributed by atoms with van der Waals surface area (Å²) in [5.74, 6) is -2.21. The zero-order chi connectivity index (χ0) is 22.5. The molecule has 8 nitrogen and oxygen atoms in total. The highest BCUT2D eigenvalue weighted by Crippen LogP contribution is 2.22. The Morgan fingerprint density at radius 2 is 1.78 bits per heavy atom. The molecular weight excluding hydrogens is 426 g/mol. The van der Waals surface area contributed by atoms with E-state index in [1.165, 1.54) is 11.3 Å². The number of carbonyl (C=O) groups excluding carboxylic acids is 2. The Balaban J connectivity index is 1.56. The summed E-state index contributed by atoms with van der Waals surface area (Å²) >= 11 is 1.22. The van der Waals surface area contributed by atoms with Crippen LogP contribution in [-0.4, -0.2) is 38.1 Å². The van der Waals surface area contributed by atoms with E-state index < -0.39 is 24.3 Å². The van der Waals surface area contributed by atoms with Crippen LogP contribution in [0.5, 0.6) is 0 Å². The number of nitrogens with zero attached hydrogens (tertiary/aromatic N) is 5. The van der Waals surface area contributed by atoms with Gasteiger partial charge in [-0.2, -0.15) is 5.26 Å². The van der Waals surface area contributed by atoms with Crippen molar-refractivity contribution in [3.63, 3.8) is 0 Å². The molecule has 1 atom stereocenters. The van der Waals surface area contributed by atoms with Crippen molar-refractivity contribution < 1.29 is 14.3 Å². The van der Waals surface area contributed by atoms with E-state index in [4.69, 9.17) is 4.74 Å². The zero-order valence-electron chi connectivity index (χ0n) is 17.0. The number of aromatic nitrogens is 4. The summed E-state index contributed by atoms with van der Waals surface area (Å²) in [6.45, 7) is 1.20. The molecule has 158 valence electrons. The molecule has 4 aromatic rings. The number of benzene rings is 2. The largest absolute Gasteiger partial charge is 0.452 e. The molecule has 0 saturated carbocycles. The number of esters is 1. The molecule has 0 fully saturated rings. The summed E-state index contributed by atoms with van der Waals surface area (Å²) in [5, 5.41) is 15.8. The molecule has 0 unspecified atom stereocenters. The van der Waals surface area contributed by atoms with E-state index in [9.17, 15) is 14.9 Å². The first-order valence-electron chi connectivity index (χ1n) is 9.66. The van der Waals surface area contributed by atoms with E-state index in [1.807, 2.05) is 66.7 Å². The molecule has 9 heteroatoms. The van der Waals surface area contributed by atoms with Gasteiger partial charge in [-0.25, -0.2) is 19.4 Å². The molecule has 0 radical (unpaired) electrons. The van der Waals surface area contributed by atoms with Gasteiger partial charge in [0.15, 0.2) is 24.1 Å². The Hall–Kier alpha value is -4.16. The summed E-state index contributed by atoms with van der Waals surface area (Å²) in [6.07, 6.45) is 0. The van der Waals surface area contributed by atoms with E-state index in [1.54, 1.807) is 17.0 Å². The summed E-state index contributed by atoms with van der Waals surface area (Å²) in [4.78, 5) is 33.6. The lowest BCUT2D eigenvalue weighted by Crippen LogP contribution is -2.20. The molecule has 0 bridgehead atoms. The first-order valence-corrected chi connectivity index (χ1v) is 10.5. The minimum absolute atomic E-state index is 0.181. The molecular formula is C23H17N5O3S. The molecule has 0 spiro atoms. The lowest BCUT2D eigenvalue weighted by Gasteiger charge is -2.05. The standard InChI is InChI=1S/C23H17N5O3S/c1-15-14-32-22(25-15)18(12-24)19(29)13-31-23(30)20-26-21(16-8-4-2-5-9-16)28(27-20)17-10-6-3-7-11-17/h2-11,14,18H,13H2,1H3/t18-/m0/s1. The van der Waals surface area contributed by atoms with Gasteiger partial charge in [0.05, 0.1) is 11.8 Å². The van der Waals surface area contributed by atoms with Gasteiger partial charge in [-0.05, 0) is 19.1 Å². The highest BCUT2D eigenvalue weighted by atomic mass is 32.1. The van der Waals surface area contributed by atoms with E-state index in [0.717, 1.165) is 16.9 Å². The van der Waals surface area contributed by atoms with Crippen LogP contribution in [0.3, 0.4) is 0 Å². The van der Waals surface area contributed by atoms with Crippen molar-refractivity contribution in [2.45, 2.75) is 12.8 Å². The maximum atomic E-state index is 12.6. The number of hydrogen-bond acceptors (Lipinski definition) is 8. The first kappa shape index (κ1) is 21.1. The molecule has 2 heterocycles. The number of Topliss-reactive ketones (excluding diaryl/α,β-unsaturated/α-hetero) is 1. The van der Waals surface area contributed by atoms with E-state index in [2.05, 4.69) is 15.1 Å². The van der Waals surface area contributed by atoms with Gasteiger partial charge in [0.1, 0.15) is 5.01 Å². The van der Waals surface area contributed by atoms with Crippen LogP contribution in [0, 0.1) is 18.3 Å². The van der Waals surface area contributed by atoms with Crippen LogP contribution in [0.25, 0.3) is 17.1 Å². The Labute approximate surface area is 187 Å². The molecule has 4 rings (SSSR count). The minimum atomic E-state index is -1.09. The molecule has 0 amide bonds. The first-order chi connectivity index (χ1) is 15.6. The number of aryl methyl sites for hydroxylation is 1. The highest BCUT2D eigenvalue weighted by Gasteiger charge is 2.26. The van der Waals surface area contributed by atoms with Gasteiger partial charge in [0.25, 0.3) is 5.82 Å². The average Bonchev–Trinajstić information content (AvgIpc) is 3.46. The lowest BCUT2D eigenvalue weighted by atomic mass is 10.1. The average molecular weight is 443 g/mol. The number of rotatable bonds is 7. The van der Waals surface area contributed by atoms with Crippen molar-refractivity contribution in [2.24, 2.45) is 0 Å². The van der Waals surface area contributed by atoms with Crippen molar-refractivity contribution in [2.75, 3.05) is 6.61 Å². The van der Waals surface area contributed by atoms with E-state index >= 15 is 0 Å². The molecule has 0 aliphatic carbocycles. The number of hydrogen-bond donors (Lipinski definition) is 0. The zero-order valence-corrected chi connectivity index (χ0v) is 17.8. The number of para-hydroxylation sites is 1. The van der Waals surface area contributed by atoms with Crippen LogP contribution < -0.4 is 0 Å². The van der Waals surface area contributed by atoms with E-state index in [-0.39, 0.29) is 5.82 Å². The molecule has 2 aromatic carbocycles. The third-order valence-corrected chi connectivity index (χ3v) is 5.53. The van der Waals surface area contributed by atoms with Crippen LogP contribution in [0.4, 0.5) is 0 Å². The summed E-state index contributed by atoms with van der Waals surface area (Å²) in [7, 11) is 0. The van der Waals surface area contributed by atoms with E-state index in [0.29, 0.717) is 10.8 Å². The maximum Gasteiger partial charge on any atom is 0.378 e. The lowest BCUT2D eigenvalue weighted by molar-refractivity contribution is -0.122.